The number of sulfonamides is 1. The Morgan fingerprint density at radius 3 is 2.52 bits per heavy atom. The number of halogens is 1. The van der Waals surface area contributed by atoms with Crippen LogP contribution in [0.5, 0.6) is 0 Å². The topological polar surface area (TPSA) is 89.7 Å². The first kappa shape index (κ1) is 17.4. The molecule has 21 heavy (non-hydrogen) atoms. The molecule has 0 aliphatic heterocycles. The number of nitrogens with two attached hydrogens (primary N) is 1. The molecule has 2 N–H and O–H groups in total. The van der Waals surface area contributed by atoms with Crippen molar-refractivity contribution in [2.45, 2.75) is 25.7 Å². The van der Waals surface area contributed by atoms with E-state index in [4.69, 9.17) is 10.5 Å². The van der Waals surface area contributed by atoms with Gasteiger partial charge in [0.15, 0.2) is 0 Å². The van der Waals surface area contributed by atoms with E-state index in [9.17, 15) is 17.6 Å². The zero-order valence-electron chi connectivity index (χ0n) is 12.2. The van der Waals surface area contributed by atoms with Gasteiger partial charge >= 0.3 is 5.97 Å². The van der Waals surface area contributed by atoms with Gasteiger partial charge in [-0.3, -0.25) is 4.79 Å². The fraction of sp³-hybridized carbons (Fsp3) is 0.462. The molecule has 0 amide bonds. The van der Waals surface area contributed by atoms with Crippen LogP contribution >= 0.6 is 0 Å². The molecule has 0 saturated heterocycles. The molecular formula is C13H19FN2O4S. The molecule has 0 aromatic heterocycles. The van der Waals surface area contributed by atoms with Crippen LogP contribution in [-0.4, -0.2) is 38.4 Å². The maximum atomic E-state index is 13.9. The number of benzene rings is 1. The summed E-state index contributed by atoms with van der Waals surface area (Å²) in [5.41, 5.74) is 6.25. The summed E-state index contributed by atoms with van der Waals surface area (Å²) < 4.78 is 44.3. The zero-order valence-corrected chi connectivity index (χ0v) is 13.0. The molecule has 0 saturated carbocycles. The Labute approximate surface area is 123 Å². The molecule has 0 aliphatic carbocycles. The van der Waals surface area contributed by atoms with Crippen LogP contribution in [0.2, 0.25) is 0 Å². The maximum absolute atomic E-state index is 13.9. The molecule has 8 heteroatoms. The summed E-state index contributed by atoms with van der Waals surface area (Å²) in [6, 6.07) is 2.12. The largest absolute Gasteiger partial charge is 0.465 e. The van der Waals surface area contributed by atoms with Crippen molar-refractivity contribution in [2.75, 3.05) is 25.4 Å². The maximum Gasteiger partial charge on any atom is 0.321 e. The lowest BCUT2D eigenvalue weighted by molar-refractivity contribution is -0.143. The second-order valence-corrected chi connectivity index (χ2v) is 6.28. The number of nitrogen functional groups attached to an aromatic ring is 1. The number of hydrogen-bond acceptors (Lipinski definition) is 5. The number of rotatable bonds is 6. The van der Waals surface area contributed by atoms with E-state index in [0.29, 0.717) is 5.56 Å². The van der Waals surface area contributed by atoms with Gasteiger partial charge in [0, 0.05) is 12.2 Å². The highest BCUT2D eigenvalue weighted by Crippen LogP contribution is 2.24. The molecular weight excluding hydrogens is 299 g/mol. The third kappa shape index (κ3) is 3.92. The van der Waals surface area contributed by atoms with Crippen LogP contribution in [0, 0.1) is 12.7 Å². The lowest BCUT2D eigenvalue weighted by atomic mass is 10.2. The van der Waals surface area contributed by atoms with Gasteiger partial charge in [0.25, 0.3) is 0 Å². The quantitative estimate of drug-likeness (QED) is 0.630. The molecule has 6 nitrogen and oxygen atoms in total. The van der Waals surface area contributed by atoms with E-state index in [-0.39, 0.29) is 18.8 Å². The molecule has 118 valence electrons. The summed E-state index contributed by atoms with van der Waals surface area (Å²) in [7, 11) is -4.16. The van der Waals surface area contributed by atoms with Gasteiger partial charge in [-0.15, -0.1) is 0 Å². The normalized spacial score (nSPS) is 11.7. The smallest absolute Gasteiger partial charge is 0.321 e. The van der Waals surface area contributed by atoms with Gasteiger partial charge in [0.2, 0.25) is 10.0 Å². The monoisotopic (exact) mass is 318 g/mol. The van der Waals surface area contributed by atoms with Crippen molar-refractivity contribution < 1.29 is 22.3 Å². The van der Waals surface area contributed by atoms with Gasteiger partial charge in [-0.1, -0.05) is 6.92 Å². The summed E-state index contributed by atoms with van der Waals surface area (Å²) in [4.78, 5) is 10.9. The fourth-order valence-corrected chi connectivity index (χ4v) is 3.20. The molecule has 1 aromatic carbocycles. The Morgan fingerprint density at radius 2 is 2.00 bits per heavy atom. The first-order valence-corrected chi connectivity index (χ1v) is 7.89. The number of ether oxygens (including phenoxy) is 1. The van der Waals surface area contributed by atoms with Crippen molar-refractivity contribution in [1.29, 1.82) is 0 Å². The van der Waals surface area contributed by atoms with E-state index in [1.807, 2.05) is 0 Å². The zero-order chi connectivity index (χ0) is 16.2. The van der Waals surface area contributed by atoms with Gasteiger partial charge in [-0.25, -0.2) is 12.8 Å². The molecule has 0 spiro atoms. The molecule has 0 atom stereocenters. The van der Waals surface area contributed by atoms with Crippen molar-refractivity contribution in [1.82, 2.24) is 4.31 Å². The van der Waals surface area contributed by atoms with Crippen LogP contribution in [0.15, 0.2) is 17.0 Å². The van der Waals surface area contributed by atoms with E-state index in [1.165, 1.54) is 0 Å². The van der Waals surface area contributed by atoms with Crippen LogP contribution in [0.25, 0.3) is 0 Å². The minimum atomic E-state index is -4.16. The van der Waals surface area contributed by atoms with Gasteiger partial charge in [-0.05, 0) is 31.5 Å². The average Bonchev–Trinajstić information content (AvgIpc) is 2.40. The summed E-state index contributed by atoms with van der Waals surface area (Å²) >= 11 is 0. The highest BCUT2D eigenvalue weighted by atomic mass is 32.2. The number of carbonyl (C=O) groups excluding carboxylic acids is 1. The molecule has 1 aromatic rings. The van der Waals surface area contributed by atoms with Crippen molar-refractivity contribution in [3.05, 3.63) is 23.5 Å². The molecule has 0 radical (unpaired) electrons. The highest BCUT2D eigenvalue weighted by Gasteiger charge is 2.29. The summed E-state index contributed by atoms with van der Waals surface area (Å²) in [5, 5.41) is 0. The third-order valence-electron chi connectivity index (χ3n) is 2.90. The number of carbonyl (C=O) groups is 1. The highest BCUT2D eigenvalue weighted by molar-refractivity contribution is 7.89. The number of anilines is 1. The number of aryl methyl sites for hydroxylation is 1. The second-order valence-electron chi connectivity index (χ2n) is 4.38. The van der Waals surface area contributed by atoms with Gasteiger partial charge in [0.05, 0.1) is 6.61 Å². The number of nitrogens with zero attached hydrogens (tertiary/aromatic N) is 1. The Kier molecular flexibility index (Phi) is 5.68. The van der Waals surface area contributed by atoms with E-state index in [1.54, 1.807) is 20.8 Å². The minimum Gasteiger partial charge on any atom is -0.465 e. The van der Waals surface area contributed by atoms with E-state index < -0.39 is 33.3 Å². The van der Waals surface area contributed by atoms with Crippen LogP contribution in [0.3, 0.4) is 0 Å². The number of esters is 1. The molecule has 0 aliphatic rings. The lowest BCUT2D eigenvalue weighted by Crippen LogP contribution is -2.36. The molecule has 0 heterocycles. The van der Waals surface area contributed by atoms with Gasteiger partial charge < -0.3 is 10.5 Å². The standard InChI is InChI=1S/C13H19FN2O4S/c1-4-16(8-13(17)20-5-2)21(18,19)12-7-11(15)9(3)6-10(12)14/h6-7H,4-5,8,15H2,1-3H3. The predicted octanol–water partition coefficient (Wildman–Crippen LogP) is 1.29. The Bertz CT molecular complexity index is 631. The summed E-state index contributed by atoms with van der Waals surface area (Å²) in [6.45, 7) is 4.41. The summed E-state index contributed by atoms with van der Waals surface area (Å²) in [5.74, 6) is -1.59. The SMILES string of the molecule is CCOC(=O)CN(CC)S(=O)(=O)c1cc(N)c(C)cc1F. The first-order chi connectivity index (χ1) is 9.73. The Hall–Kier alpha value is -1.67. The molecule has 0 unspecified atom stereocenters. The van der Waals surface area contributed by atoms with Gasteiger partial charge in [0.1, 0.15) is 17.3 Å². The number of likely N-dealkylation sites (N-methyl/N-ethyl adjacent to an activating group) is 1. The van der Waals surface area contributed by atoms with E-state index in [0.717, 1.165) is 16.4 Å². The summed E-state index contributed by atoms with van der Waals surface area (Å²) in [6.07, 6.45) is 0. The predicted molar refractivity (Wildman–Crippen MR) is 76.6 cm³/mol. The lowest BCUT2D eigenvalue weighted by Gasteiger charge is -2.20. The third-order valence-corrected chi connectivity index (χ3v) is 4.84. The van der Waals surface area contributed by atoms with Crippen LogP contribution in [0.4, 0.5) is 10.1 Å². The van der Waals surface area contributed by atoms with Crippen molar-refractivity contribution in [3.8, 4) is 0 Å². The fourth-order valence-electron chi connectivity index (χ4n) is 1.72. The molecule has 0 bridgehead atoms. The van der Waals surface area contributed by atoms with Crippen molar-refractivity contribution >= 4 is 21.7 Å². The van der Waals surface area contributed by atoms with Gasteiger partial charge in [-0.2, -0.15) is 4.31 Å². The van der Waals surface area contributed by atoms with Crippen LogP contribution < -0.4 is 5.73 Å². The number of hydrogen-bond donors (Lipinski definition) is 1. The second kappa shape index (κ2) is 6.86. The first-order valence-electron chi connectivity index (χ1n) is 6.45. The van der Waals surface area contributed by atoms with E-state index >= 15 is 0 Å². The van der Waals surface area contributed by atoms with Crippen LogP contribution in [0.1, 0.15) is 19.4 Å². The van der Waals surface area contributed by atoms with E-state index in [2.05, 4.69) is 0 Å². The minimum absolute atomic E-state index is 0.00830. The molecule has 0 fully saturated rings. The average molecular weight is 318 g/mol. The molecule has 1 rings (SSSR count). The van der Waals surface area contributed by atoms with Crippen LogP contribution in [-0.2, 0) is 19.6 Å². The van der Waals surface area contributed by atoms with Crippen molar-refractivity contribution in [3.63, 3.8) is 0 Å². The Balaban J connectivity index is 3.19. The Morgan fingerprint density at radius 1 is 1.38 bits per heavy atom. The van der Waals surface area contributed by atoms with Crippen molar-refractivity contribution in [2.24, 2.45) is 0 Å².